The second-order valence-corrected chi connectivity index (χ2v) is 6.49. The van der Waals surface area contributed by atoms with Gasteiger partial charge in [-0.1, -0.05) is 11.6 Å². The van der Waals surface area contributed by atoms with Crippen molar-refractivity contribution in [3.8, 4) is 0 Å². The average molecular weight is 402 g/mol. The molecule has 1 saturated carbocycles. The van der Waals surface area contributed by atoms with E-state index in [1.807, 2.05) is 0 Å². The lowest BCUT2D eigenvalue weighted by Crippen LogP contribution is -2.23. The maximum atomic E-state index is 13.1. The third kappa shape index (κ3) is 3.95. The highest BCUT2D eigenvalue weighted by atomic mass is 35.5. The van der Waals surface area contributed by atoms with E-state index in [-0.39, 0.29) is 35.5 Å². The molecule has 1 aliphatic carbocycles. The molecule has 2 heterocycles. The standard InChI is InChI=1S/C16H18ClF2N5O3/c1-3-27-16(26)9-6-20-23(2)15(9)21-10(25)7-24-13(8-4-5-8)11(17)12(22-24)14(18)19/h6,8,14H,3-5,7H2,1-2H3,(H,21,25). The van der Waals surface area contributed by atoms with Gasteiger partial charge in [0.1, 0.15) is 23.6 Å². The number of halogens is 3. The zero-order valence-electron chi connectivity index (χ0n) is 14.7. The molecule has 146 valence electrons. The molecule has 0 atom stereocenters. The number of aromatic nitrogens is 4. The van der Waals surface area contributed by atoms with Gasteiger partial charge in [0.2, 0.25) is 5.91 Å². The number of carbonyl (C=O) groups is 2. The molecule has 1 fully saturated rings. The van der Waals surface area contributed by atoms with E-state index in [4.69, 9.17) is 16.3 Å². The van der Waals surface area contributed by atoms with E-state index >= 15 is 0 Å². The summed E-state index contributed by atoms with van der Waals surface area (Å²) < 4.78 is 33.6. The van der Waals surface area contributed by atoms with E-state index in [2.05, 4.69) is 15.5 Å². The maximum Gasteiger partial charge on any atom is 0.343 e. The Balaban J connectivity index is 1.81. The van der Waals surface area contributed by atoms with Gasteiger partial charge in [-0.25, -0.2) is 13.6 Å². The highest BCUT2D eigenvalue weighted by molar-refractivity contribution is 6.32. The quantitative estimate of drug-likeness (QED) is 0.720. The highest BCUT2D eigenvalue weighted by Gasteiger charge is 2.34. The summed E-state index contributed by atoms with van der Waals surface area (Å²) >= 11 is 6.04. The number of esters is 1. The number of hydrogen-bond donors (Lipinski definition) is 1. The molecule has 2 aromatic rings. The predicted molar refractivity (Wildman–Crippen MR) is 92.0 cm³/mol. The lowest BCUT2D eigenvalue weighted by molar-refractivity contribution is -0.117. The summed E-state index contributed by atoms with van der Waals surface area (Å²) in [6, 6.07) is 0. The van der Waals surface area contributed by atoms with E-state index in [0.29, 0.717) is 5.69 Å². The SMILES string of the molecule is CCOC(=O)c1cnn(C)c1NC(=O)Cn1nc(C(F)F)c(Cl)c1C1CC1. The molecule has 0 aliphatic heterocycles. The third-order valence-electron chi connectivity index (χ3n) is 4.11. The van der Waals surface area contributed by atoms with E-state index < -0.39 is 24.0 Å². The Morgan fingerprint density at radius 3 is 2.74 bits per heavy atom. The fourth-order valence-electron chi connectivity index (χ4n) is 2.73. The van der Waals surface area contributed by atoms with Gasteiger partial charge >= 0.3 is 5.97 Å². The van der Waals surface area contributed by atoms with E-state index in [1.165, 1.54) is 15.6 Å². The van der Waals surface area contributed by atoms with Crippen molar-refractivity contribution in [3.05, 3.63) is 28.2 Å². The molecule has 3 rings (SSSR count). The van der Waals surface area contributed by atoms with Crippen LogP contribution in [0, 0.1) is 0 Å². The molecule has 27 heavy (non-hydrogen) atoms. The number of nitrogens with one attached hydrogen (secondary N) is 1. The molecule has 0 saturated heterocycles. The molecule has 0 spiro atoms. The van der Waals surface area contributed by atoms with Crippen molar-refractivity contribution in [1.82, 2.24) is 19.6 Å². The minimum Gasteiger partial charge on any atom is -0.462 e. The van der Waals surface area contributed by atoms with Crippen LogP contribution in [-0.2, 0) is 23.1 Å². The number of aryl methyl sites for hydroxylation is 1. The van der Waals surface area contributed by atoms with E-state index in [1.54, 1.807) is 14.0 Å². The number of carbonyl (C=O) groups excluding carboxylic acids is 2. The van der Waals surface area contributed by atoms with Crippen LogP contribution in [0.2, 0.25) is 5.02 Å². The molecule has 0 aromatic carbocycles. The summed E-state index contributed by atoms with van der Waals surface area (Å²) in [7, 11) is 1.55. The first-order valence-corrected chi connectivity index (χ1v) is 8.74. The summed E-state index contributed by atoms with van der Waals surface area (Å²) in [4.78, 5) is 24.4. The van der Waals surface area contributed by atoms with Gasteiger partial charge in [-0.05, 0) is 19.8 Å². The summed E-state index contributed by atoms with van der Waals surface area (Å²) in [6.07, 6.45) is 0.0736. The minimum atomic E-state index is -2.83. The van der Waals surface area contributed by atoms with Crippen molar-refractivity contribution in [2.24, 2.45) is 7.05 Å². The van der Waals surface area contributed by atoms with E-state index in [0.717, 1.165) is 12.8 Å². The Kier molecular flexibility index (Phi) is 5.45. The summed E-state index contributed by atoms with van der Waals surface area (Å²) in [6.45, 7) is 1.52. The number of anilines is 1. The Morgan fingerprint density at radius 1 is 1.44 bits per heavy atom. The third-order valence-corrected chi connectivity index (χ3v) is 4.50. The maximum absolute atomic E-state index is 13.1. The first-order valence-electron chi connectivity index (χ1n) is 8.36. The molecule has 0 unspecified atom stereocenters. The van der Waals surface area contributed by atoms with Crippen molar-refractivity contribution in [2.45, 2.75) is 38.7 Å². The molecule has 0 bridgehead atoms. The van der Waals surface area contributed by atoms with Gasteiger partial charge in [0.25, 0.3) is 6.43 Å². The number of hydrogen-bond acceptors (Lipinski definition) is 5. The number of rotatable bonds is 7. The number of amides is 1. The summed E-state index contributed by atoms with van der Waals surface area (Å²) in [5.41, 5.74) is 0.0127. The van der Waals surface area contributed by atoms with Gasteiger partial charge in [0.05, 0.1) is 23.5 Å². The number of nitrogens with zero attached hydrogens (tertiary/aromatic N) is 4. The molecule has 0 radical (unpaired) electrons. The predicted octanol–water partition coefficient (Wildman–Crippen LogP) is 2.90. The van der Waals surface area contributed by atoms with Gasteiger partial charge in [-0.3, -0.25) is 14.2 Å². The molecule has 1 aliphatic rings. The summed E-state index contributed by atoms with van der Waals surface area (Å²) in [5.74, 6) is -0.997. The van der Waals surface area contributed by atoms with Crippen LogP contribution >= 0.6 is 11.6 Å². The topological polar surface area (TPSA) is 91.0 Å². The molecule has 8 nitrogen and oxygen atoms in total. The zero-order valence-corrected chi connectivity index (χ0v) is 15.5. The monoisotopic (exact) mass is 401 g/mol. The Bertz CT molecular complexity index is 876. The lowest BCUT2D eigenvalue weighted by atomic mass is 10.2. The van der Waals surface area contributed by atoms with Crippen molar-refractivity contribution in [1.29, 1.82) is 0 Å². The normalized spacial score (nSPS) is 13.9. The van der Waals surface area contributed by atoms with Gasteiger partial charge in [0, 0.05) is 13.0 Å². The Labute approximate surface area is 158 Å². The molecule has 2 aromatic heterocycles. The van der Waals surface area contributed by atoms with Crippen molar-refractivity contribution < 1.29 is 23.1 Å². The van der Waals surface area contributed by atoms with Crippen LogP contribution in [0.1, 0.15) is 53.9 Å². The van der Waals surface area contributed by atoms with Crippen LogP contribution in [0.15, 0.2) is 6.20 Å². The van der Waals surface area contributed by atoms with Crippen LogP contribution in [-0.4, -0.2) is 38.0 Å². The average Bonchev–Trinajstić information content (AvgIpc) is 3.29. The second-order valence-electron chi connectivity index (χ2n) is 6.12. The first kappa shape index (κ1) is 19.3. The molecule has 11 heteroatoms. The van der Waals surface area contributed by atoms with Crippen LogP contribution in [0.5, 0.6) is 0 Å². The van der Waals surface area contributed by atoms with E-state index in [9.17, 15) is 18.4 Å². The Hall–Kier alpha value is -2.49. The van der Waals surface area contributed by atoms with Gasteiger partial charge in [0.15, 0.2) is 0 Å². The highest BCUT2D eigenvalue weighted by Crippen LogP contribution is 2.45. The molecular formula is C16H18ClF2N5O3. The first-order chi connectivity index (χ1) is 12.8. The van der Waals surface area contributed by atoms with Gasteiger partial charge in [-0.2, -0.15) is 10.2 Å². The van der Waals surface area contributed by atoms with Crippen molar-refractivity contribution >= 4 is 29.3 Å². The van der Waals surface area contributed by atoms with Gasteiger partial charge in [-0.15, -0.1) is 0 Å². The van der Waals surface area contributed by atoms with Crippen molar-refractivity contribution in [2.75, 3.05) is 11.9 Å². The van der Waals surface area contributed by atoms with Crippen LogP contribution in [0.3, 0.4) is 0 Å². The Morgan fingerprint density at radius 2 is 2.15 bits per heavy atom. The number of alkyl halides is 2. The fourth-order valence-corrected chi connectivity index (χ4v) is 3.10. The smallest absolute Gasteiger partial charge is 0.343 e. The lowest BCUT2D eigenvalue weighted by Gasteiger charge is -2.10. The second kappa shape index (κ2) is 7.63. The molecular weight excluding hydrogens is 384 g/mol. The minimum absolute atomic E-state index is 0.0251. The van der Waals surface area contributed by atoms with Crippen LogP contribution < -0.4 is 5.32 Å². The van der Waals surface area contributed by atoms with Crippen LogP contribution in [0.4, 0.5) is 14.6 Å². The molecule has 1 N–H and O–H groups in total. The van der Waals surface area contributed by atoms with Crippen LogP contribution in [0.25, 0.3) is 0 Å². The fraction of sp³-hybridized carbons (Fsp3) is 0.500. The van der Waals surface area contributed by atoms with Crippen molar-refractivity contribution in [3.63, 3.8) is 0 Å². The largest absolute Gasteiger partial charge is 0.462 e. The van der Waals surface area contributed by atoms with Gasteiger partial charge < -0.3 is 10.1 Å². The summed E-state index contributed by atoms with van der Waals surface area (Å²) in [5, 5.41) is 10.2. The molecule has 1 amide bonds. The number of ether oxygens (including phenoxy) is 1. The zero-order chi connectivity index (χ0) is 19.7.